The highest BCUT2D eigenvalue weighted by atomic mass is 35.5. The summed E-state index contributed by atoms with van der Waals surface area (Å²) in [5.74, 6) is 0. The number of rotatable bonds is 4. The molecule has 2 aromatic rings. The average molecular weight is 247 g/mol. The number of nitrogens with one attached hydrogen (secondary N) is 1. The minimum atomic E-state index is 0.262. The monoisotopic (exact) mass is 246 g/mol. The Kier molecular flexibility index (Phi) is 3.99. The maximum absolute atomic E-state index is 6.04. The fourth-order valence-corrected chi connectivity index (χ4v) is 1.96. The minimum absolute atomic E-state index is 0.262. The molecule has 0 amide bonds. The van der Waals surface area contributed by atoms with Crippen molar-refractivity contribution in [3.8, 4) is 0 Å². The van der Waals surface area contributed by atoms with Gasteiger partial charge in [-0.15, -0.1) is 0 Å². The van der Waals surface area contributed by atoms with Crippen LogP contribution >= 0.6 is 11.6 Å². The van der Waals surface area contributed by atoms with E-state index < -0.39 is 0 Å². The summed E-state index contributed by atoms with van der Waals surface area (Å²) in [5.41, 5.74) is 2.14. The van der Waals surface area contributed by atoms with Gasteiger partial charge in [-0.2, -0.15) is 0 Å². The summed E-state index contributed by atoms with van der Waals surface area (Å²) in [5, 5.41) is 3.93. The fraction of sp³-hybridized carbons (Fsp3) is 0.214. The van der Waals surface area contributed by atoms with Crippen LogP contribution in [0.2, 0.25) is 5.15 Å². The number of hydrogen-bond donors (Lipinski definition) is 1. The molecule has 2 rings (SSSR count). The van der Waals surface area contributed by atoms with Crippen molar-refractivity contribution in [2.45, 2.75) is 19.4 Å². The van der Waals surface area contributed by atoms with Crippen LogP contribution in [0.3, 0.4) is 0 Å². The molecule has 0 fully saturated rings. The van der Waals surface area contributed by atoms with Gasteiger partial charge in [-0.05, 0) is 24.1 Å². The average Bonchev–Trinajstić information content (AvgIpc) is 2.39. The third-order valence-corrected chi connectivity index (χ3v) is 3.00. The van der Waals surface area contributed by atoms with E-state index in [0.29, 0.717) is 5.15 Å². The van der Waals surface area contributed by atoms with Crippen LogP contribution in [0.4, 0.5) is 5.69 Å². The van der Waals surface area contributed by atoms with Crippen molar-refractivity contribution in [3.05, 3.63) is 59.4 Å². The van der Waals surface area contributed by atoms with Crippen LogP contribution in [0.1, 0.15) is 24.9 Å². The Bertz CT molecular complexity index is 471. The molecule has 88 valence electrons. The molecule has 0 aliphatic rings. The van der Waals surface area contributed by atoms with Crippen LogP contribution < -0.4 is 5.32 Å². The first-order valence-corrected chi connectivity index (χ1v) is 6.11. The summed E-state index contributed by atoms with van der Waals surface area (Å²) >= 11 is 6.04. The summed E-state index contributed by atoms with van der Waals surface area (Å²) < 4.78 is 0. The van der Waals surface area contributed by atoms with Crippen molar-refractivity contribution in [1.82, 2.24) is 4.98 Å². The first-order valence-electron chi connectivity index (χ1n) is 5.73. The molecule has 3 heteroatoms. The van der Waals surface area contributed by atoms with Gasteiger partial charge in [-0.3, -0.25) is 0 Å². The van der Waals surface area contributed by atoms with E-state index in [9.17, 15) is 0 Å². The fourth-order valence-electron chi connectivity index (χ4n) is 1.79. The Morgan fingerprint density at radius 3 is 2.59 bits per heavy atom. The predicted molar refractivity (Wildman–Crippen MR) is 72.3 cm³/mol. The Labute approximate surface area is 107 Å². The van der Waals surface area contributed by atoms with Gasteiger partial charge < -0.3 is 5.32 Å². The first-order chi connectivity index (χ1) is 8.31. The lowest BCUT2D eigenvalue weighted by atomic mass is 10.0. The van der Waals surface area contributed by atoms with E-state index in [4.69, 9.17) is 11.6 Å². The molecule has 0 aliphatic carbocycles. The number of pyridine rings is 1. The molecule has 0 aliphatic heterocycles. The molecule has 2 nitrogen and oxygen atoms in total. The van der Waals surface area contributed by atoms with E-state index in [1.807, 2.05) is 30.3 Å². The maximum atomic E-state index is 6.04. The molecule has 0 radical (unpaired) electrons. The third-order valence-electron chi connectivity index (χ3n) is 2.70. The predicted octanol–water partition coefficient (Wildman–Crippen LogP) is 4.30. The van der Waals surface area contributed by atoms with Crippen LogP contribution in [0, 0.1) is 0 Å². The molecule has 1 aromatic carbocycles. The summed E-state index contributed by atoms with van der Waals surface area (Å²) in [6, 6.07) is 14.4. The topological polar surface area (TPSA) is 24.9 Å². The van der Waals surface area contributed by atoms with Crippen LogP contribution in [0.5, 0.6) is 0 Å². The van der Waals surface area contributed by atoms with Gasteiger partial charge in [0.2, 0.25) is 0 Å². The summed E-state index contributed by atoms with van der Waals surface area (Å²) in [7, 11) is 0. The first kappa shape index (κ1) is 11.9. The molecule has 0 saturated carbocycles. The standard InChI is InChI=1S/C14H15ClN2/c1-2-12(11-7-4-3-5-8-11)17-13-9-6-10-16-14(13)15/h3-10,12,17H,2H2,1H3. The largest absolute Gasteiger partial charge is 0.376 e. The van der Waals surface area contributed by atoms with Gasteiger partial charge in [-0.25, -0.2) is 4.98 Å². The Morgan fingerprint density at radius 1 is 1.18 bits per heavy atom. The summed E-state index contributed by atoms with van der Waals surface area (Å²) in [6.07, 6.45) is 2.69. The van der Waals surface area contributed by atoms with E-state index in [0.717, 1.165) is 12.1 Å². The second-order valence-electron chi connectivity index (χ2n) is 3.86. The van der Waals surface area contributed by atoms with Crippen molar-refractivity contribution in [2.75, 3.05) is 5.32 Å². The number of anilines is 1. The third kappa shape index (κ3) is 2.98. The van der Waals surface area contributed by atoms with Crippen molar-refractivity contribution in [3.63, 3.8) is 0 Å². The van der Waals surface area contributed by atoms with E-state index in [1.54, 1.807) is 6.20 Å². The maximum Gasteiger partial charge on any atom is 0.152 e. The summed E-state index contributed by atoms with van der Waals surface area (Å²) in [4.78, 5) is 4.06. The van der Waals surface area contributed by atoms with Gasteiger partial charge in [0, 0.05) is 6.20 Å². The highest BCUT2D eigenvalue weighted by molar-refractivity contribution is 6.31. The van der Waals surface area contributed by atoms with Crippen molar-refractivity contribution in [1.29, 1.82) is 0 Å². The van der Waals surface area contributed by atoms with Gasteiger partial charge in [0.05, 0.1) is 11.7 Å². The molecule has 1 aromatic heterocycles. The SMILES string of the molecule is CCC(Nc1cccnc1Cl)c1ccccc1. The molecule has 0 saturated heterocycles. The highest BCUT2D eigenvalue weighted by Gasteiger charge is 2.10. The Morgan fingerprint density at radius 2 is 1.94 bits per heavy atom. The van der Waals surface area contributed by atoms with Gasteiger partial charge in [-0.1, -0.05) is 48.9 Å². The number of benzene rings is 1. The smallest absolute Gasteiger partial charge is 0.152 e. The van der Waals surface area contributed by atoms with E-state index >= 15 is 0 Å². The molecular weight excluding hydrogens is 232 g/mol. The van der Waals surface area contributed by atoms with Gasteiger partial charge >= 0.3 is 0 Å². The van der Waals surface area contributed by atoms with Gasteiger partial charge in [0.15, 0.2) is 5.15 Å². The zero-order valence-corrected chi connectivity index (χ0v) is 10.5. The zero-order valence-electron chi connectivity index (χ0n) is 9.73. The molecule has 17 heavy (non-hydrogen) atoms. The van der Waals surface area contributed by atoms with Crippen molar-refractivity contribution < 1.29 is 0 Å². The van der Waals surface area contributed by atoms with E-state index in [1.165, 1.54) is 5.56 Å². The minimum Gasteiger partial charge on any atom is -0.376 e. The van der Waals surface area contributed by atoms with Gasteiger partial charge in [0.1, 0.15) is 0 Å². The van der Waals surface area contributed by atoms with Crippen LogP contribution in [0.25, 0.3) is 0 Å². The highest BCUT2D eigenvalue weighted by Crippen LogP contribution is 2.25. The Balaban J connectivity index is 2.19. The van der Waals surface area contributed by atoms with Crippen LogP contribution in [-0.4, -0.2) is 4.98 Å². The van der Waals surface area contributed by atoms with Crippen molar-refractivity contribution in [2.24, 2.45) is 0 Å². The number of halogens is 1. The zero-order chi connectivity index (χ0) is 12.1. The van der Waals surface area contributed by atoms with Crippen LogP contribution in [0.15, 0.2) is 48.7 Å². The number of hydrogen-bond acceptors (Lipinski definition) is 2. The molecule has 0 bridgehead atoms. The lowest BCUT2D eigenvalue weighted by Crippen LogP contribution is -2.10. The quantitative estimate of drug-likeness (QED) is 0.814. The van der Waals surface area contributed by atoms with Crippen LogP contribution in [-0.2, 0) is 0 Å². The van der Waals surface area contributed by atoms with E-state index in [2.05, 4.69) is 29.4 Å². The van der Waals surface area contributed by atoms with E-state index in [-0.39, 0.29) is 6.04 Å². The second-order valence-corrected chi connectivity index (χ2v) is 4.22. The lowest BCUT2D eigenvalue weighted by Gasteiger charge is -2.19. The lowest BCUT2D eigenvalue weighted by molar-refractivity contribution is 0.749. The number of nitrogens with zero attached hydrogens (tertiary/aromatic N) is 1. The normalized spacial score (nSPS) is 12.1. The molecule has 1 N–H and O–H groups in total. The summed E-state index contributed by atoms with van der Waals surface area (Å²) in [6.45, 7) is 2.15. The molecule has 1 atom stereocenters. The second kappa shape index (κ2) is 5.69. The molecule has 1 heterocycles. The molecule has 1 unspecified atom stereocenters. The Hall–Kier alpha value is -1.54. The molecular formula is C14H15ClN2. The van der Waals surface area contributed by atoms with Gasteiger partial charge in [0.25, 0.3) is 0 Å². The molecule has 0 spiro atoms. The number of aromatic nitrogens is 1. The van der Waals surface area contributed by atoms with Crippen molar-refractivity contribution >= 4 is 17.3 Å².